The van der Waals surface area contributed by atoms with Crippen LogP contribution >= 0.6 is 23.8 Å². The summed E-state index contributed by atoms with van der Waals surface area (Å²) in [6, 6.07) is 11.2. The number of anilines is 2. The lowest BCUT2D eigenvalue weighted by atomic mass is 10.2. The van der Waals surface area contributed by atoms with Crippen molar-refractivity contribution in [2.24, 2.45) is 0 Å². The number of amides is 1. The van der Waals surface area contributed by atoms with Gasteiger partial charge in [-0.3, -0.25) is 4.79 Å². The maximum atomic E-state index is 12.7. The summed E-state index contributed by atoms with van der Waals surface area (Å²) in [7, 11) is 1.56. The van der Waals surface area contributed by atoms with E-state index in [9.17, 15) is 18.0 Å². The van der Waals surface area contributed by atoms with Crippen molar-refractivity contribution < 1.29 is 18.0 Å². The molecular weight excluding hydrogens is 387 g/mol. The second-order valence-electron chi connectivity index (χ2n) is 5.42. The highest BCUT2D eigenvalue weighted by atomic mass is 35.5. The van der Waals surface area contributed by atoms with Crippen molar-refractivity contribution in [3.8, 4) is 0 Å². The molecule has 0 aliphatic carbocycles. The van der Waals surface area contributed by atoms with Crippen LogP contribution in [0.5, 0.6) is 0 Å². The number of likely N-dealkylation sites (N-methyl/N-ethyl adjacent to an activating group) is 1. The molecule has 0 bridgehead atoms. The van der Waals surface area contributed by atoms with Gasteiger partial charge in [-0.15, -0.1) is 0 Å². The molecule has 0 aromatic heterocycles. The first-order chi connectivity index (χ1) is 12.1. The normalized spacial score (nSPS) is 11.0. The summed E-state index contributed by atoms with van der Waals surface area (Å²) in [6.07, 6.45) is -4.44. The second-order valence-corrected chi connectivity index (χ2v) is 6.24. The van der Waals surface area contributed by atoms with E-state index in [1.807, 2.05) is 0 Å². The summed E-state index contributed by atoms with van der Waals surface area (Å²) in [5, 5.41) is 6.03. The predicted octanol–water partition coefficient (Wildman–Crippen LogP) is 4.63. The predicted molar refractivity (Wildman–Crippen MR) is 100 cm³/mol. The Balaban J connectivity index is 1.93. The second kappa shape index (κ2) is 8.37. The van der Waals surface area contributed by atoms with E-state index in [2.05, 4.69) is 10.6 Å². The van der Waals surface area contributed by atoms with Gasteiger partial charge in [-0.1, -0.05) is 17.7 Å². The highest BCUT2D eigenvalue weighted by Crippen LogP contribution is 2.30. The summed E-state index contributed by atoms with van der Waals surface area (Å²) in [5.41, 5.74) is -0.0206. The highest BCUT2D eigenvalue weighted by Gasteiger charge is 2.30. The fourth-order valence-corrected chi connectivity index (χ4v) is 2.32. The Morgan fingerprint density at radius 3 is 2.38 bits per heavy atom. The molecule has 0 radical (unpaired) electrons. The molecule has 0 atom stereocenters. The van der Waals surface area contributed by atoms with Crippen LogP contribution in [0.2, 0.25) is 5.02 Å². The van der Waals surface area contributed by atoms with E-state index >= 15 is 0 Å². The Bertz CT molecular complexity index is 797. The summed E-state index contributed by atoms with van der Waals surface area (Å²) < 4.78 is 38.2. The smallest absolute Gasteiger partial charge is 0.343 e. The zero-order chi connectivity index (χ0) is 19.3. The van der Waals surface area contributed by atoms with Gasteiger partial charge in [-0.05, 0) is 54.7 Å². The number of carbonyl (C=O) groups is 1. The minimum atomic E-state index is -4.44. The highest BCUT2D eigenvalue weighted by molar-refractivity contribution is 7.80. The van der Waals surface area contributed by atoms with E-state index < -0.39 is 11.7 Å². The standard InChI is InChI=1S/C17H15ClF3N3OS/c1-24(10-15(25)22-13-7-5-12(18)6-8-13)16(26)23-14-4-2-3-11(9-14)17(19,20)21/h2-9H,10H2,1H3,(H,22,25)(H,23,26). The van der Waals surface area contributed by atoms with Crippen LogP contribution in [0.3, 0.4) is 0 Å². The van der Waals surface area contributed by atoms with E-state index in [1.165, 1.54) is 17.0 Å². The molecule has 4 nitrogen and oxygen atoms in total. The fraction of sp³-hybridized carbons (Fsp3) is 0.176. The molecule has 9 heteroatoms. The number of hydrogen-bond acceptors (Lipinski definition) is 2. The van der Waals surface area contributed by atoms with E-state index in [-0.39, 0.29) is 23.3 Å². The number of thiocarbonyl (C=S) groups is 1. The Kier molecular flexibility index (Phi) is 6.44. The van der Waals surface area contributed by atoms with Gasteiger partial charge in [0.15, 0.2) is 5.11 Å². The summed E-state index contributed by atoms with van der Waals surface area (Å²) in [4.78, 5) is 13.4. The first kappa shape index (κ1) is 20.0. The maximum Gasteiger partial charge on any atom is 0.416 e. The van der Waals surface area contributed by atoms with Gasteiger partial charge in [0.1, 0.15) is 0 Å². The molecule has 2 rings (SSSR count). The molecule has 0 spiro atoms. The lowest BCUT2D eigenvalue weighted by Gasteiger charge is -2.21. The van der Waals surface area contributed by atoms with Gasteiger partial charge in [0.05, 0.1) is 12.1 Å². The Hall–Kier alpha value is -2.32. The van der Waals surface area contributed by atoms with E-state index in [1.54, 1.807) is 31.3 Å². The van der Waals surface area contributed by atoms with Crippen LogP contribution in [0, 0.1) is 0 Å². The minimum Gasteiger partial charge on any atom is -0.343 e. The van der Waals surface area contributed by atoms with Gasteiger partial charge < -0.3 is 15.5 Å². The Labute approximate surface area is 158 Å². The first-order valence-electron chi connectivity index (χ1n) is 7.40. The van der Waals surface area contributed by atoms with Gasteiger partial charge in [-0.2, -0.15) is 13.2 Å². The molecule has 1 amide bonds. The van der Waals surface area contributed by atoms with Crippen LogP contribution in [0.25, 0.3) is 0 Å². The molecule has 0 aliphatic rings. The summed E-state index contributed by atoms with van der Waals surface area (Å²) >= 11 is 10.9. The number of rotatable bonds is 4. The molecule has 0 fully saturated rings. The third-order valence-corrected chi connectivity index (χ3v) is 3.96. The molecule has 0 aliphatic heterocycles. The largest absolute Gasteiger partial charge is 0.416 e. The zero-order valence-electron chi connectivity index (χ0n) is 13.6. The molecule has 0 unspecified atom stereocenters. The topological polar surface area (TPSA) is 44.4 Å². The van der Waals surface area contributed by atoms with Gasteiger partial charge in [0, 0.05) is 23.4 Å². The SMILES string of the molecule is CN(CC(=O)Nc1ccc(Cl)cc1)C(=S)Nc1cccc(C(F)(F)F)c1. The van der Waals surface area contributed by atoms with Crippen LogP contribution in [0.1, 0.15) is 5.56 Å². The van der Waals surface area contributed by atoms with Crippen LogP contribution < -0.4 is 10.6 Å². The summed E-state index contributed by atoms with van der Waals surface area (Å²) in [6.45, 7) is -0.0760. The maximum absolute atomic E-state index is 12.7. The lowest BCUT2D eigenvalue weighted by molar-refractivity contribution is -0.137. The van der Waals surface area contributed by atoms with Crippen molar-refractivity contribution in [3.63, 3.8) is 0 Å². The van der Waals surface area contributed by atoms with Gasteiger partial charge in [0.25, 0.3) is 0 Å². The van der Waals surface area contributed by atoms with E-state index in [4.69, 9.17) is 23.8 Å². The van der Waals surface area contributed by atoms with Crippen LogP contribution in [-0.2, 0) is 11.0 Å². The number of nitrogens with one attached hydrogen (secondary N) is 2. The van der Waals surface area contributed by atoms with Crippen molar-refractivity contribution in [1.29, 1.82) is 0 Å². The first-order valence-corrected chi connectivity index (χ1v) is 8.18. The minimum absolute atomic E-state index is 0.0760. The fourth-order valence-electron chi connectivity index (χ4n) is 2.01. The molecule has 0 heterocycles. The molecule has 138 valence electrons. The average Bonchev–Trinajstić information content (AvgIpc) is 2.56. The van der Waals surface area contributed by atoms with Crippen molar-refractivity contribution in [1.82, 2.24) is 4.90 Å². The number of alkyl halides is 3. The number of benzene rings is 2. The van der Waals surface area contributed by atoms with Crippen molar-refractivity contribution in [2.45, 2.75) is 6.18 Å². The summed E-state index contributed by atoms with van der Waals surface area (Å²) in [5.74, 6) is -0.331. The molecule has 26 heavy (non-hydrogen) atoms. The average molecular weight is 402 g/mol. The molecule has 0 saturated heterocycles. The zero-order valence-corrected chi connectivity index (χ0v) is 15.2. The van der Waals surface area contributed by atoms with Crippen LogP contribution in [0.15, 0.2) is 48.5 Å². The third kappa shape index (κ3) is 5.89. The Morgan fingerprint density at radius 1 is 1.12 bits per heavy atom. The van der Waals surface area contributed by atoms with Gasteiger partial charge in [-0.25, -0.2) is 0 Å². The molecule has 2 N–H and O–H groups in total. The van der Waals surface area contributed by atoms with Crippen molar-refractivity contribution in [3.05, 3.63) is 59.1 Å². The quantitative estimate of drug-likeness (QED) is 0.733. The van der Waals surface area contributed by atoms with E-state index in [0.717, 1.165) is 12.1 Å². The van der Waals surface area contributed by atoms with E-state index in [0.29, 0.717) is 10.7 Å². The third-order valence-electron chi connectivity index (χ3n) is 3.30. The molecular formula is C17H15ClF3N3OS. The van der Waals surface area contributed by atoms with Crippen LogP contribution in [0.4, 0.5) is 24.5 Å². The van der Waals surface area contributed by atoms with Crippen molar-refractivity contribution in [2.75, 3.05) is 24.2 Å². The molecule has 2 aromatic rings. The number of nitrogens with zero attached hydrogens (tertiary/aromatic N) is 1. The number of hydrogen-bond donors (Lipinski definition) is 2. The van der Waals surface area contributed by atoms with Gasteiger partial charge in [0.2, 0.25) is 5.91 Å². The number of carbonyl (C=O) groups excluding carboxylic acids is 1. The lowest BCUT2D eigenvalue weighted by Crippen LogP contribution is -2.37. The Morgan fingerprint density at radius 2 is 1.77 bits per heavy atom. The molecule has 2 aromatic carbocycles. The van der Waals surface area contributed by atoms with Crippen LogP contribution in [-0.4, -0.2) is 29.5 Å². The van der Waals surface area contributed by atoms with Gasteiger partial charge >= 0.3 is 6.18 Å². The molecule has 0 saturated carbocycles. The monoisotopic (exact) mass is 401 g/mol. The number of halogens is 4. The van der Waals surface area contributed by atoms with Crippen molar-refractivity contribution >= 4 is 46.2 Å².